The number of carbonyl (C=O) groups is 2. The molecule has 0 aliphatic carbocycles. The van der Waals surface area contributed by atoms with Gasteiger partial charge in [-0.25, -0.2) is 4.98 Å². The lowest BCUT2D eigenvalue weighted by Gasteiger charge is -2.06. The summed E-state index contributed by atoms with van der Waals surface area (Å²) in [7, 11) is 1.86. The molecule has 0 aliphatic rings. The number of fused-ring (bicyclic) bond motifs is 2. The molecule has 1 aromatic carbocycles. The molecule has 0 atom stereocenters. The number of aromatic amines is 1. The number of nitrogens with zero attached hydrogens (tertiary/aromatic N) is 4. The molecule has 7 heteroatoms. The third kappa shape index (κ3) is 3.32. The number of hydrogen-bond acceptors (Lipinski definition) is 4. The maximum atomic E-state index is 13.6. The monoisotopic (exact) mass is 425 g/mol. The Morgan fingerprint density at radius 1 is 1.06 bits per heavy atom. The standard InChI is InChI=1S/C25H23N5O2/c1-3-4-8-23(31)30-10-9-18-19(6-5-7-22(18)30)24(32)21-14-27-25-20(21)11-16(12-26-25)17-13-28-29(2)15-17/h5-7,9-15H,3-4,8H2,1-2H3,(H,26,27). The van der Waals surface area contributed by atoms with Crippen molar-refractivity contribution in [2.75, 3.05) is 0 Å². The zero-order valence-corrected chi connectivity index (χ0v) is 18.0. The molecule has 0 bridgehead atoms. The largest absolute Gasteiger partial charge is 0.345 e. The molecule has 5 aromatic rings. The van der Waals surface area contributed by atoms with Crippen molar-refractivity contribution in [2.24, 2.45) is 7.05 Å². The van der Waals surface area contributed by atoms with Gasteiger partial charge in [-0.1, -0.05) is 25.5 Å². The maximum Gasteiger partial charge on any atom is 0.231 e. The van der Waals surface area contributed by atoms with Gasteiger partial charge < -0.3 is 4.98 Å². The summed E-state index contributed by atoms with van der Waals surface area (Å²) in [6, 6.07) is 9.33. The van der Waals surface area contributed by atoms with Crippen LogP contribution in [0.1, 0.15) is 46.9 Å². The summed E-state index contributed by atoms with van der Waals surface area (Å²) in [5, 5.41) is 5.75. The first-order chi connectivity index (χ1) is 15.6. The van der Waals surface area contributed by atoms with Gasteiger partial charge in [-0.3, -0.25) is 18.8 Å². The van der Waals surface area contributed by atoms with Gasteiger partial charge in [0.15, 0.2) is 5.78 Å². The van der Waals surface area contributed by atoms with E-state index in [1.807, 2.05) is 43.6 Å². The molecule has 160 valence electrons. The maximum absolute atomic E-state index is 13.6. The number of nitrogens with one attached hydrogen (secondary N) is 1. The van der Waals surface area contributed by atoms with Gasteiger partial charge in [-0.15, -0.1) is 0 Å². The fourth-order valence-corrected chi connectivity index (χ4v) is 4.10. The van der Waals surface area contributed by atoms with Crippen LogP contribution in [0.25, 0.3) is 33.1 Å². The summed E-state index contributed by atoms with van der Waals surface area (Å²) >= 11 is 0. The summed E-state index contributed by atoms with van der Waals surface area (Å²) < 4.78 is 3.38. The highest BCUT2D eigenvalue weighted by Gasteiger charge is 2.20. The molecule has 0 radical (unpaired) electrons. The molecule has 1 N–H and O–H groups in total. The lowest BCUT2D eigenvalue weighted by molar-refractivity contribution is 0.0904. The summed E-state index contributed by atoms with van der Waals surface area (Å²) in [6.45, 7) is 2.06. The number of H-pyrrole nitrogens is 1. The third-order valence-corrected chi connectivity index (χ3v) is 5.80. The highest BCUT2D eigenvalue weighted by molar-refractivity contribution is 6.21. The second-order valence-corrected chi connectivity index (χ2v) is 7.98. The Morgan fingerprint density at radius 3 is 2.72 bits per heavy atom. The molecule has 0 spiro atoms. The van der Waals surface area contributed by atoms with Gasteiger partial charge >= 0.3 is 0 Å². The topological polar surface area (TPSA) is 85.6 Å². The van der Waals surface area contributed by atoms with Crippen LogP contribution in [-0.4, -0.2) is 36.0 Å². The van der Waals surface area contributed by atoms with Crippen molar-refractivity contribution in [1.82, 2.24) is 24.3 Å². The molecule has 5 rings (SSSR count). The third-order valence-electron chi connectivity index (χ3n) is 5.80. The molecule has 32 heavy (non-hydrogen) atoms. The number of ketones is 1. The van der Waals surface area contributed by atoms with Crippen molar-refractivity contribution in [3.05, 3.63) is 72.4 Å². The lowest BCUT2D eigenvalue weighted by Crippen LogP contribution is -2.09. The van der Waals surface area contributed by atoms with E-state index in [9.17, 15) is 9.59 Å². The van der Waals surface area contributed by atoms with Crippen LogP contribution in [0.5, 0.6) is 0 Å². The fourth-order valence-electron chi connectivity index (χ4n) is 4.10. The number of aryl methyl sites for hydroxylation is 1. The van der Waals surface area contributed by atoms with Gasteiger partial charge in [0.1, 0.15) is 5.65 Å². The molecule has 7 nitrogen and oxygen atoms in total. The van der Waals surface area contributed by atoms with Crippen molar-refractivity contribution in [3.8, 4) is 11.1 Å². The predicted octanol–water partition coefficient (Wildman–Crippen LogP) is 4.98. The molecular weight excluding hydrogens is 402 g/mol. The number of rotatable bonds is 6. The average molecular weight is 425 g/mol. The Kier molecular flexibility index (Phi) is 4.93. The van der Waals surface area contributed by atoms with E-state index in [0.717, 1.165) is 40.3 Å². The van der Waals surface area contributed by atoms with Crippen LogP contribution in [0.2, 0.25) is 0 Å². The number of aromatic nitrogens is 5. The first kappa shape index (κ1) is 19.9. The van der Waals surface area contributed by atoms with E-state index in [4.69, 9.17) is 0 Å². The SMILES string of the molecule is CCCCC(=O)n1ccc2c(C(=O)c3c[nH]c4ncc(-c5cnn(C)c5)cc34)cccc21. The number of pyridine rings is 1. The minimum atomic E-state index is -0.106. The minimum absolute atomic E-state index is 0.0452. The molecule has 4 aromatic heterocycles. The van der Waals surface area contributed by atoms with Crippen LogP contribution in [0, 0.1) is 0 Å². The quantitative estimate of drug-likeness (QED) is 0.389. The van der Waals surface area contributed by atoms with E-state index >= 15 is 0 Å². The summed E-state index contributed by atoms with van der Waals surface area (Å²) in [5.41, 5.74) is 4.36. The van der Waals surface area contributed by atoms with Crippen molar-refractivity contribution in [3.63, 3.8) is 0 Å². The molecule has 0 unspecified atom stereocenters. The summed E-state index contributed by atoms with van der Waals surface area (Å²) in [6.07, 6.45) is 11.2. The second kappa shape index (κ2) is 7.92. The Morgan fingerprint density at radius 2 is 1.94 bits per heavy atom. The minimum Gasteiger partial charge on any atom is -0.345 e. The van der Waals surface area contributed by atoms with Crippen molar-refractivity contribution >= 4 is 33.6 Å². The first-order valence-electron chi connectivity index (χ1n) is 10.7. The van der Waals surface area contributed by atoms with E-state index in [1.54, 1.807) is 34.0 Å². The van der Waals surface area contributed by atoms with Crippen LogP contribution in [0.3, 0.4) is 0 Å². The number of carbonyl (C=O) groups excluding carboxylic acids is 2. The van der Waals surface area contributed by atoms with Crippen LogP contribution < -0.4 is 0 Å². The van der Waals surface area contributed by atoms with Gasteiger partial charge in [0, 0.05) is 71.3 Å². The van der Waals surface area contributed by atoms with Crippen LogP contribution in [0.4, 0.5) is 0 Å². The van der Waals surface area contributed by atoms with Crippen LogP contribution in [-0.2, 0) is 7.05 Å². The van der Waals surface area contributed by atoms with Gasteiger partial charge in [-0.2, -0.15) is 5.10 Å². The number of benzene rings is 1. The normalized spacial score (nSPS) is 11.4. The van der Waals surface area contributed by atoms with Crippen LogP contribution >= 0.6 is 0 Å². The van der Waals surface area contributed by atoms with Gasteiger partial charge in [-0.05, 0) is 24.6 Å². The molecule has 0 saturated heterocycles. The Balaban J connectivity index is 1.57. The van der Waals surface area contributed by atoms with E-state index in [2.05, 4.69) is 22.0 Å². The zero-order valence-electron chi connectivity index (χ0n) is 18.0. The Hall–Kier alpha value is -4.00. The molecule has 4 heterocycles. The fraction of sp³-hybridized carbons (Fsp3) is 0.200. The van der Waals surface area contributed by atoms with E-state index in [0.29, 0.717) is 23.2 Å². The second-order valence-electron chi connectivity index (χ2n) is 7.98. The van der Waals surface area contributed by atoms with E-state index in [1.165, 1.54) is 0 Å². The van der Waals surface area contributed by atoms with E-state index < -0.39 is 0 Å². The smallest absolute Gasteiger partial charge is 0.231 e. The van der Waals surface area contributed by atoms with Crippen LogP contribution in [0.15, 0.2) is 61.3 Å². The van der Waals surface area contributed by atoms with Gasteiger partial charge in [0.25, 0.3) is 0 Å². The highest BCUT2D eigenvalue weighted by Crippen LogP contribution is 2.28. The van der Waals surface area contributed by atoms with Crippen molar-refractivity contribution < 1.29 is 9.59 Å². The van der Waals surface area contributed by atoms with E-state index in [-0.39, 0.29) is 11.7 Å². The molecule has 0 amide bonds. The Labute approximate surface area is 184 Å². The molecule has 0 fully saturated rings. The van der Waals surface area contributed by atoms with Gasteiger partial charge in [0.2, 0.25) is 5.91 Å². The van der Waals surface area contributed by atoms with Gasteiger partial charge in [0.05, 0.1) is 11.7 Å². The molecular formula is C25H23N5O2. The molecule has 0 aliphatic heterocycles. The number of hydrogen-bond donors (Lipinski definition) is 1. The lowest BCUT2D eigenvalue weighted by atomic mass is 9.99. The van der Waals surface area contributed by atoms with Crippen molar-refractivity contribution in [1.29, 1.82) is 0 Å². The molecule has 0 saturated carbocycles. The predicted molar refractivity (Wildman–Crippen MR) is 124 cm³/mol. The average Bonchev–Trinajstić information content (AvgIpc) is 3.54. The van der Waals surface area contributed by atoms with Crippen molar-refractivity contribution in [2.45, 2.75) is 26.2 Å². The zero-order chi connectivity index (χ0) is 22.2. The first-order valence-corrected chi connectivity index (χ1v) is 10.7. The number of unbranched alkanes of at least 4 members (excludes halogenated alkanes) is 1. The highest BCUT2D eigenvalue weighted by atomic mass is 16.2. The summed E-state index contributed by atoms with van der Waals surface area (Å²) in [4.78, 5) is 33.8. The summed E-state index contributed by atoms with van der Waals surface area (Å²) in [5.74, 6) is -0.0606. The Bertz CT molecular complexity index is 1470.